The van der Waals surface area contributed by atoms with Gasteiger partial charge in [0.15, 0.2) is 10.8 Å². The van der Waals surface area contributed by atoms with Crippen molar-refractivity contribution in [1.82, 2.24) is 15.7 Å². The van der Waals surface area contributed by atoms with Crippen LogP contribution in [0.2, 0.25) is 5.02 Å². The van der Waals surface area contributed by atoms with E-state index < -0.39 is 11.9 Å². The lowest BCUT2D eigenvalue weighted by atomic mass is 9.95. The van der Waals surface area contributed by atoms with Crippen LogP contribution in [0.25, 0.3) is 0 Å². The second kappa shape index (κ2) is 7.30. The van der Waals surface area contributed by atoms with Crippen LogP contribution in [0.15, 0.2) is 51.0 Å². The van der Waals surface area contributed by atoms with Gasteiger partial charge in [0.2, 0.25) is 0 Å². The van der Waals surface area contributed by atoms with Crippen molar-refractivity contribution in [2.75, 3.05) is 7.05 Å². The highest BCUT2D eigenvalue weighted by atomic mass is 35.5. The summed E-state index contributed by atoms with van der Waals surface area (Å²) in [6, 6.07) is 3.74. The van der Waals surface area contributed by atoms with Gasteiger partial charge in [-0.1, -0.05) is 17.7 Å². The third-order valence-corrected chi connectivity index (χ3v) is 4.86. The van der Waals surface area contributed by atoms with Crippen LogP contribution < -0.4 is 16.6 Å². The van der Waals surface area contributed by atoms with Gasteiger partial charge in [-0.2, -0.15) is 0 Å². The zero-order valence-corrected chi connectivity index (χ0v) is 15.1. The van der Waals surface area contributed by atoms with Crippen molar-refractivity contribution in [3.63, 3.8) is 0 Å². The fourth-order valence-electron chi connectivity index (χ4n) is 2.64. The molecule has 0 fully saturated rings. The van der Waals surface area contributed by atoms with Crippen molar-refractivity contribution in [3.8, 4) is 0 Å². The highest BCUT2D eigenvalue weighted by Gasteiger charge is 2.30. The Morgan fingerprint density at radius 3 is 2.88 bits per heavy atom. The van der Waals surface area contributed by atoms with Crippen molar-refractivity contribution in [1.29, 1.82) is 0 Å². The third kappa shape index (κ3) is 3.41. The molecule has 0 saturated carbocycles. The van der Waals surface area contributed by atoms with Crippen molar-refractivity contribution in [3.05, 3.63) is 62.5 Å². The number of hydrogen-bond acceptors (Lipinski definition) is 6. The van der Waals surface area contributed by atoms with Crippen molar-refractivity contribution in [2.24, 2.45) is 15.8 Å². The average molecular weight is 379 g/mol. The second-order valence-corrected chi connectivity index (χ2v) is 6.57. The number of benzene rings is 1. The summed E-state index contributed by atoms with van der Waals surface area (Å²) in [5.74, 6) is 6.30. The molecule has 6 nitrogen and oxygen atoms in total. The van der Waals surface area contributed by atoms with Crippen LogP contribution in [0.3, 0.4) is 0 Å². The zero-order valence-electron chi connectivity index (χ0n) is 13.5. The molecular weight excluding hydrogens is 363 g/mol. The van der Waals surface area contributed by atoms with Crippen LogP contribution in [0, 0.1) is 5.82 Å². The number of amidine groups is 2. The van der Waals surface area contributed by atoms with Gasteiger partial charge < -0.3 is 10.7 Å². The minimum atomic E-state index is -0.497. The predicted molar refractivity (Wildman–Crippen MR) is 99.3 cm³/mol. The van der Waals surface area contributed by atoms with Gasteiger partial charge in [0.25, 0.3) is 0 Å². The van der Waals surface area contributed by atoms with Gasteiger partial charge >= 0.3 is 0 Å². The molecule has 0 bridgehead atoms. The molecule has 25 heavy (non-hydrogen) atoms. The van der Waals surface area contributed by atoms with Gasteiger partial charge in [-0.25, -0.2) is 15.2 Å². The van der Waals surface area contributed by atoms with Crippen LogP contribution in [0.4, 0.5) is 4.39 Å². The number of aliphatic imine (C=N–C) groups is 2. The molecule has 0 aliphatic carbocycles. The number of halogens is 2. The van der Waals surface area contributed by atoms with Crippen LogP contribution >= 0.6 is 22.9 Å². The van der Waals surface area contributed by atoms with E-state index in [9.17, 15) is 4.39 Å². The Kier molecular flexibility index (Phi) is 5.12. The molecule has 0 radical (unpaired) electrons. The molecule has 0 saturated heterocycles. The molecule has 1 atom stereocenters. The lowest BCUT2D eigenvalue weighted by Gasteiger charge is -2.27. The summed E-state index contributed by atoms with van der Waals surface area (Å²) in [5, 5.41) is 6.13. The SMILES string of the molecule is CN=C(NN)C1=C(C)NC(c2nccs2)=NC1c1ccc(F)cc1Cl. The van der Waals surface area contributed by atoms with E-state index in [1.165, 1.54) is 23.5 Å². The molecule has 0 spiro atoms. The number of nitrogens with one attached hydrogen (secondary N) is 2. The minimum absolute atomic E-state index is 0.284. The van der Waals surface area contributed by atoms with E-state index in [1.54, 1.807) is 19.3 Å². The Bertz CT molecular complexity index is 875. The summed E-state index contributed by atoms with van der Waals surface area (Å²) in [6.07, 6.45) is 1.71. The maximum absolute atomic E-state index is 13.5. The normalized spacial score (nSPS) is 18.0. The molecule has 1 aliphatic rings. The molecule has 1 aliphatic heterocycles. The number of aromatic nitrogens is 1. The number of rotatable bonds is 3. The number of nitrogens with two attached hydrogens (primary N) is 1. The first-order valence-corrected chi connectivity index (χ1v) is 8.65. The standard InChI is InChI=1S/C16H16ClFN6S/c1-8-12(14(20-2)24-19)13(10-4-3-9(18)7-11(10)17)23-15(22-8)16-21-5-6-25-16/h3-7,13H,19H2,1-2H3,(H,20,24)(H,22,23). The minimum Gasteiger partial charge on any atom is -0.341 e. The van der Waals surface area contributed by atoms with Gasteiger partial charge in [0.1, 0.15) is 17.7 Å². The fraction of sp³-hybridized carbons (Fsp3) is 0.188. The van der Waals surface area contributed by atoms with E-state index in [1.807, 2.05) is 12.3 Å². The molecule has 1 unspecified atom stereocenters. The summed E-state index contributed by atoms with van der Waals surface area (Å²) in [7, 11) is 1.62. The van der Waals surface area contributed by atoms with E-state index in [-0.39, 0.29) is 5.02 Å². The molecule has 3 rings (SSSR count). The van der Waals surface area contributed by atoms with Gasteiger partial charge in [0.05, 0.1) is 0 Å². The molecule has 2 aromatic rings. The summed E-state index contributed by atoms with van der Waals surface area (Å²) in [6.45, 7) is 1.89. The van der Waals surface area contributed by atoms with E-state index in [2.05, 4.69) is 20.7 Å². The first-order valence-electron chi connectivity index (χ1n) is 7.39. The monoisotopic (exact) mass is 378 g/mol. The van der Waals surface area contributed by atoms with Crippen LogP contribution in [0.5, 0.6) is 0 Å². The largest absolute Gasteiger partial charge is 0.341 e. The molecule has 1 aromatic heterocycles. The quantitative estimate of drug-likeness (QED) is 0.331. The van der Waals surface area contributed by atoms with Crippen LogP contribution in [-0.4, -0.2) is 23.7 Å². The Hall–Kier alpha value is -2.29. The molecule has 2 heterocycles. The molecule has 1 aromatic carbocycles. The smallest absolute Gasteiger partial charge is 0.163 e. The lowest BCUT2D eigenvalue weighted by molar-refractivity contribution is 0.626. The Morgan fingerprint density at radius 1 is 1.48 bits per heavy atom. The van der Waals surface area contributed by atoms with E-state index in [0.717, 1.165) is 16.3 Å². The molecule has 4 N–H and O–H groups in total. The molecule has 130 valence electrons. The molecular formula is C16H16ClFN6S. The molecule has 9 heteroatoms. The van der Waals surface area contributed by atoms with E-state index in [0.29, 0.717) is 17.2 Å². The highest BCUT2D eigenvalue weighted by Crippen LogP contribution is 2.36. The second-order valence-electron chi connectivity index (χ2n) is 5.26. The maximum Gasteiger partial charge on any atom is 0.163 e. The summed E-state index contributed by atoms with van der Waals surface area (Å²) in [5.41, 5.74) is 4.79. The van der Waals surface area contributed by atoms with Gasteiger partial charge in [-0.15, -0.1) is 11.3 Å². The number of hydrogen-bond donors (Lipinski definition) is 3. The first kappa shape index (κ1) is 17.5. The van der Waals surface area contributed by atoms with Crippen molar-refractivity contribution in [2.45, 2.75) is 13.0 Å². The Morgan fingerprint density at radius 2 is 2.28 bits per heavy atom. The van der Waals surface area contributed by atoms with Crippen molar-refractivity contribution < 1.29 is 4.39 Å². The number of hydrazine groups is 1. The Labute approximate surface area is 153 Å². The van der Waals surface area contributed by atoms with Crippen molar-refractivity contribution >= 4 is 34.6 Å². The zero-order chi connectivity index (χ0) is 18.0. The summed E-state index contributed by atoms with van der Waals surface area (Å²) >= 11 is 7.75. The van der Waals surface area contributed by atoms with Gasteiger partial charge in [0, 0.05) is 40.5 Å². The predicted octanol–water partition coefficient (Wildman–Crippen LogP) is 2.79. The lowest BCUT2D eigenvalue weighted by Crippen LogP contribution is -2.39. The van der Waals surface area contributed by atoms with Gasteiger partial charge in [-0.05, 0) is 19.1 Å². The molecule has 0 amide bonds. The summed E-state index contributed by atoms with van der Waals surface area (Å²) < 4.78 is 13.5. The number of nitrogens with zero attached hydrogens (tertiary/aromatic N) is 3. The number of allylic oxidation sites excluding steroid dienone is 1. The highest BCUT2D eigenvalue weighted by molar-refractivity contribution is 7.11. The van der Waals surface area contributed by atoms with E-state index >= 15 is 0 Å². The first-order chi connectivity index (χ1) is 12.0. The maximum atomic E-state index is 13.5. The Balaban J connectivity index is 2.16. The van der Waals surface area contributed by atoms with Crippen LogP contribution in [0.1, 0.15) is 23.5 Å². The van der Waals surface area contributed by atoms with Gasteiger partial charge in [-0.3, -0.25) is 9.98 Å². The summed E-state index contributed by atoms with van der Waals surface area (Å²) in [4.78, 5) is 13.2. The van der Waals surface area contributed by atoms with E-state index in [4.69, 9.17) is 22.4 Å². The fourth-order valence-corrected chi connectivity index (χ4v) is 3.50. The topological polar surface area (TPSA) is 87.7 Å². The number of thiazole rings is 1. The average Bonchev–Trinajstić information content (AvgIpc) is 3.11. The van der Waals surface area contributed by atoms with Crippen LogP contribution in [-0.2, 0) is 0 Å². The third-order valence-electron chi connectivity index (χ3n) is 3.75.